The molecule has 1 atom stereocenters. The smallest absolute Gasteiger partial charge is 0.123 e. The molecule has 2 nitrogen and oxygen atoms in total. The van der Waals surface area contributed by atoms with Crippen LogP contribution in [0.15, 0.2) is 47.2 Å². The zero-order valence-corrected chi connectivity index (χ0v) is 13.7. The largest absolute Gasteiger partial charge is 0.313 e. The predicted octanol–water partition coefficient (Wildman–Crippen LogP) is 4.14. The van der Waals surface area contributed by atoms with Crippen LogP contribution in [0.5, 0.6) is 0 Å². The first-order chi connectivity index (χ1) is 10.2. The second-order valence-corrected chi connectivity index (χ2v) is 6.11. The van der Waals surface area contributed by atoms with Crippen molar-refractivity contribution in [2.45, 2.75) is 32.2 Å². The summed E-state index contributed by atoms with van der Waals surface area (Å²) in [4.78, 5) is 4.21. The van der Waals surface area contributed by atoms with E-state index in [0.29, 0.717) is 6.04 Å². The van der Waals surface area contributed by atoms with E-state index in [0.717, 1.165) is 35.8 Å². The average Bonchev–Trinajstić information content (AvgIpc) is 2.47. The van der Waals surface area contributed by atoms with Crippen LogP contribution in [-0.4, -0.2) is 17.6 Å². The Bertz CT molecular complexity index is 557. The van der Waals surface area contributed by atoms with Crippen LogP contribution in [0, 0.1) is 5.82 Å². The molecule has 4 heteroatoms. The van der Waals surface area contributed by atoms with E-state index in [1.165, 1.54) is 17.7 Å². The van der Waals surface area contributed by atoms with E-state index in [4.69, 9.17) is 0 Å². The first kappa shape index (κ1) is 16.1. The van der Waals surface area contributed by atoms with Gasteiger partial charge in [0.2, 0.25) is 0 Å². The van der Waals surface area contributed by atoms with Gasteiger partial charge in [-0.2, -0.15) is 0 Å². The molecule has 1 heterocycles. The Morgan fingerprint density at radius 3 is 2.52 bits per heavy atom. The maximum atomic E-state index is 13.0. The summed E-state index contributed by atoms with van der Waals surface area (Å²) in [5.41, 5.74) is 2.34. The van der Waals surface area contributed by atoms with Gasteiger partial charge in [0.15, 0.2) is 0 Å². The van der Waals surface area contributed by atoms with E-state index in [1.54, 1.807) is 6.20 Å². The lowest BCUT2D eigenvalue weighted by Crippen LogP contribution is -2.33. The first-order valence-corrected chi connectivity index (χ1v) is 8.04. The molecule has 0 aliphatic carbocycles. The van der Waals surface area contributed by atoms with Gasteiger partial charge in [-0.3, -0.25) is 4.98 Å². The number of nitrogens with one attached hydrogen (secondary N) is 1. The second kappa shape index (κ2) is 8.25. The van der Waals surface area contributed by atoms with E-state index in [9.17, 15) is 4.39 Å². The van der Waals surface area contributed by atoms with Crippen LogP contribution in [0.25, 0.3) is 0 Å². The Morgan fingerprint density at radius 2 is 1.86 bits per heavy atom. The maximum absolute atomic E-state index is 13.0. The Hall–Kier alpha value is -1.26. The number of hydrogen-bond acceptors (Lipinski definition) is 2. The Morgan fingerprint density at radius 1 is 1.14 bits per heavy atom. The molecular formula is C17H20BrFN2. The van der Waals surface area contributed by atoms with Gasteiger partial charge in [-0.25, -0.2) is 4.39 Å². The molecule has 0 saturated carbocycles. The number of pyridine rings is 1. The fraction of sp³-hybridized carbons (Fsp3) is 0.353. The van der Waals surface area contributed by atoms with Gasteiger partial charge in [-0.15, -0.1) is 0 Å². The van der Waals surface area contributed by atoms with Crippen molar-refractivity contribution in [2.75, 3.05) is 6.54 Å². The summed E-state index contributed by atoms with van der Waals surface area (Å²) >= 11 is 3.45. The molecule has 0 bridgehead atoms. The van der Waals surface area contributed by atoms with Gasteiger partial charge in [0.1, 0.15) is 5.82 Å². The summed E-state index contributed by atoms with van der Waals surface area (Å²) in [5, 5.41) is 3.56. The van der Waals surface area contributed by atoms with Gasteiger partial charge < -0.3 is 5.32 Å². The van der Waals surface area contributed by atoms with Gasteiger partial charge in [0.25, 0.3) is 0 Å². The van der Waals surface area contributed by atoms with Gasteiger partial charge in [0.05, 0.1) is 0 Å². The number of nitrogens with zero attached hydrogens (tertiary/aromatic N) is 1. The highest BCUT2D eigenvalue weighted by molar-refractivity contribution is 9.10. The SMILES string of the molecule is CCCNC(Cc1ccc(F)cc1)Cc1cncc(Br)c1. The predicted molar refractivity (Wildman–Crippen MR) is 87.8 cm³/mol. The third kappa shape index (κ3) is 5.56. The van der Waals surface area contributed by atoms with Gasteiger partial charge in [0, 0.05) is 22.9 Å². The summed E-state index contributed by atoms with van der Waals surface area (Å²) < 4.78 is 14.0. The normalized spacial score (nSPS) is 12.3. The molecule has 0 saturated heterocycles. The fourth-order valence-corrected chi connectivity index (χ4v) is 2.73. The van der Waals surface area contributed by atoms with Crippen molar-refractivity contribution in [2.24, 2.45) is 0 Å². The van der Waals surface area contributed by atoms with Crippen LogP contribution < -0.4 is 5.32 Å². The average molecular weight is 351 g/mol. The van der Waals surface area contributed by atoms with E-state index >= 15 is 0 Å². The number of rotatable bonds is 7. The molecule has 112 valence electrons. The lowest BCUT2D eigenvalue weighted by atomic mass is 9.99. The maximum Gasteiger partial charge on any atom is 0.123 e. The summed E-state index contributed by atoms with van der Waals surface area (Å²) in [5.74, 6) is -0.187. The molecule has 1 aromatic carbocycles. The monoisotopic (exact) mass is 350 g/mol. The second-order valence-electron chi connectivity index (χ2n) is 5.20. The summed E-state index contributed by atoms with van der Waals surface area (Å²) in [6, 6.07) is 9.17. The lowest BCUT2D eigenvalue weighted by molar-refractivity contribution is 0.503. The summed E-state index contributed by atoms with van der Waals surface area (Å²) in [6.45, 7) is 3.13. The molecule has 0 spiro atoms. The quantitative estimate of drug-likeness (QED) is 0.811. The first-order valence-electron chi connectivity index (χ1n) is 7.24. The van der Waals surface area contributed by atoms with Crippen molar-refractivity contribution in [1.82, 2.24) is 10.3 Å². The third-order valence-corrected chi connectivity index (χ3v) is 3.76. The molecule has 2 aromatic rings. The Kier molecular flexibility index (Phi) is 6.33. The topological polar surface area (TPSA) is 24.9 Å². The molecule has 0 amide bonds. The molecule has 0 radical (unpaired) electrons. The zero-order valence-electron chi connectivity index (χ0n) is 12.2. The molecule has 1 unspecified atom stereocenters. The highest BCUT2D eigenvalue weighted by Gasteiger charge is 2.10. The van der Waals surface area contributed by atoms with Crippen molar-refractivity contribution in [3.8, 4) is 0 Å². The number of halogens is 2. The van der Waals surface area contributed by atoms with Crippen LogP contribution in [0.3, 0.4) is 0 Å². The van der Waals surface area contributed by atoms with Crippen LogP contribution in [0.1, 0.15) is 24.5 Å². The van der Waals surface area contributed by atoms with Crippen molar-refractivity contribution in [3.05, 3.63) is 64.1 Å². The third-order valence-electron chi connectivity index (χ3n) is 3.32. The minimum absolute atomic E-state index is 0.187. The van der Waals surface area contributed by atoms with Crippen molar-refractivity contribution < 1.29 is 4.39 Å². The van der Waals surface area contributed by atoms with Crippen molar-refractivity contribution in [1.29, 1.82) is 0 Å². The number of aromatic nitrogens is 1. The van der Waals surface area contributed by atoms with E-state index in [1.807, 2.05) is 18.3 Å². The van der Waals surface area contributed by atoms with Crippen molar-refractivity contribution in [3.63, 3.8) is 0 Å². The highest BCUT2D eigenvalue weighted by atomic mass is 79.9. The summed E-state index contributed by atoms with van der Waals surface area (Å²) in [7, 11) is 0. The molecule has 1 N–H and O–H groups in total. The standard InChI is InChI=1S/C17H20BrFN2/c1-2-7-21-17(9-13-3-5-16(19)6-4-13)10-14-8-15(18)12-20-11-14/h3-6,8,11-12,17,21H,2,7,9-10H2,1H3. The Balaban J connectivity index is 2.04. The van der Waals surface area contributed by atoms with Gasteiger partial charge in [-0.05, 0) is 71.1 Å². The molecule has 0 fully saturated rings. The Labute approximate surface area is 133 Å². The number of hydrogen-bond donors (Lipinski definition) is 1. The van der Waals surface area contributed by atoms with Crippen LogP contribution in [0.4, 0.5) is 4.39 Å². The van der Waals surface area contributed by atoms with E-state index in [-0.39, 0.29) is 5.82 Å². The lowest BCUT2D eigenvalue weighted by Gasteiger charge is -2.19. The van der Waals surface area contributed by atoms with Gasteiger partial charge >= 0.3 is 0 Å². The molecule has 0 aliphatic heterocycles. The molecule has 1 aromatic heterocycles. The molecular weight excluding hydrogens is 331 g/mol. The summed E-state index contributed by atoms with van der Waals surface area (Å²) in [6.07, 6.45) is 6.57. The van der Waals surface area contributed by atoms with E-state index in [2.05, 4.69) is 39.2 Å². The number of benzene rings is 1. The molecule has 2 rings (SSSR count). The highest BCUT2D eigenvalue weighted by Crippen LogP contribution is 2.14. The minimum Gasteiger partial charge on any atom is -0.313 e. The molecule has 21 heavy (non-hydrogen) atoms. The van der Waals surface area contributed by atoms with Crippen LogP contribution >= 0.6 is 15.9 Å². The minimum atomic E-state index is -0.187. The van der Waals surface area contributed by atoms with Crippen LogP contribution in [-0.2, 0) is 12.8 Å². The fourth-order valence-electron chi connectivity index (χ4n) is 2.32. The van der Waals surface area contributed by atoms with Crippen molar-refractivity contribution >= 4 is 15.9 Å². The van der Waals surface area contributed by atoms with E-state index < -0.39 is 0 Å². The zero-order chi connectivity index (χ0) is 15.1. The molecule has 0 aliphatic rings. The van der Waals surface area contributed by atoms with Crippen LogP contribution in [0.2, 0.25) is 0 Å². The van der Waals surface area contributed by atoms with Gasteiger partial charge in [-0.1, -0.05) is 19.1 Å².